The Kier molecular flexibility index (Phi) is 4.48. The highest BCUT2D eigenvalue weighted by atomic mass is 79.9. The van der Waals surface area contributed by atoms with Crippen LogP contribution < -0.4 is 4.90 Å². The maximum atomic E-state index is 12.5. The van der Waals surface area contributed by atoms with Crippen LogP contribution in [0.1, 0.15) is 5.56 Å². The summed E-state index contributed by atoms with van der Waals surface area (Å²) in [6.07, 6.45) is 1.46. The molecule has 7 heteroatoms. The second-order valence-corrected chi connectivity index (χ2v) is 6.99. The summed E-state index contributed by atoms with van der Waals surface area (Å²) in [5.74, 6) is -0.567. The molecule has 1 saturated heterocycles. The molecule has 23 heavy (non-hydrogen) atoms. The van der Waals surface area contributed by atoms with Gasteiger partial charge in [-0.25, -0.2) is 4.90 Å². The van der Waals surface area contributed by atoms with Crippen LogP contribution in [0.3, 0.4) is 0 Å². The molecule has 0 spiro atoms. The number of halogens is 2. The second-order valence-electron chi connectivity index (χ2n) is 4.68. The minimum atomic E-state index is -0.429. The van der Waals surface area contributed by atoms with Crippen LogP contribution >= 0.6 is 39.3 Å². The Balaban J connectivity index is 2.00. The van der Waals surface area contributed by atoms with Crippen LogP contribution in [0.4, 0.5) is 10.5 Å². The molecular weight excluding hydrogens is 402 g/mol. The summed E-state index contributed by atoms with van der Waals surface area (Å²) in [6.45, 7) is 0. The van der Waals surface area contributed by atoms with Gasteiger partial charge in [0.2, 0.25) is 0 Å². The summed E-state index contributed by atoms with van der Waals surface area (Å²) in [5.41, 5.74) is 0.873. The molecule has 4 nitrogen and oxygen atoms in total. The van der Waals surface area contributed by atoms with E-state index >= 15 is 0 Å². The Bertz CT molecular complexity index is 839. The number of imide groups is 1. The minimum absolute atomic E-state index is 0.138. The number of carbonyl (C=O) groups is 2. The number of rotatable bonds is 2. The minimum Gasteiger partial charge on any atom is -0.506 e. The molecule has 116 valence electrons. The number of carbonyl (C=O) groups excluding carboxylic acids is 2. The van der Waals surface area contributed by atoms with Crippen LogP contribution in [0, 0.1) is 0 Å². The first-order chi connectivity index (χ1) is 11.0. The lowest BCUT2D eigenvalue weighted by atomic mass is 10.2. The first-order valence-corrected chi connectivity index (χ1v) is 8.47. The predicted octanol–water partition coefficient (Wildman–Crippen LogP) is 5.05. The van der Waals surface area contributed by atoms with Gasteiger partial charge in [-0.3, -0.25) is 9.59 Å². The van der Waals surface area contributed by atoms with Gasteiger partial charge in [-0.2, -0.15) is 0 Å². The van der Waals surface area contributed by atoms with Gasteiger partial charge in [0, 0.05) is 10.0 Å². The van der Waals surface area contributed by atoms with Crippen LogP contribution in [0.15, 0.2) is 51.8 Å². The normalized spacial score (nSPS) is 16.4. The van der Waals surface area contributed by atoms with Crippen molar-refractivity contribution < 1.29 is 14.7 Å². The summed E-state index contributed by atoms with van der Waals surface area (Å²) in [7, 11) is 0. The van der Waals surface area contributed by atoms with Gasteiger partial charge in [0.05, 0.1) is 15.6 Å². The van der Waals surface area contributed by atoms with Crippen molar-refractivity contribution in [2.45, 2.75) is 0 Å². The van der Waals surface area contributed by atoms with E-state index in [0.29, 0.717) is 15.7 Å². The smallest absolute Gasteiger partial charge is 0.298 e. The first kappa shape index (κ1) is 16.1. The highest BCUT2D eigenvalue weighted by Crippen LogP contribution is 2.38. The zero-order valence-corrected chi connectivity index (χ0v) is 14.7. The molecule has 0 aromatic heterocycles. The van der Waals surface area contributed by atoms with Gasteiger partial charge in [0.1, 0.15) is 5.75 Å². The molecule has 0 atom stereocenters. The Morgan fingerprint density at radius 3 is 2.57 bits per heavy atom. The van der Waals surface area contributed by atoms with Crippen LogP contribution in [-0.2, 0) is 4.79 Å². The van der Waals surface area contributed by atoms with Crippen molar-refractivity contribution in [1.82, 2.24) is 0 Å². The Hall–Kier alpha value is -1.76. The lowest BCUT2D eigenvalue weighted by Gasteiger charge is -2.11. The summed E-state index contributed by atoms with van der Waals surface area (Å²) < 4.78 is 0.661. The molecule has 1 aliphatic rings. The molecule has 0 unspecified atom stereocenters. The van der Waals surface area contributed by atoms with E-state index in [0.717, 1.165) is 16.7 Å². The molecule has 2 aromatic rings. The van der Waals surface area contributed by atoms with E-state index in [1.165, 1.54) is 6.08 Å². The summed E-state index contributed by atoms with van der Waals surface area (Å²) in [4.78, 5) is 26.0. The van der Waals surface area contributed by atoms with Gasteiger partial charge in [0.15, 0.2) is 0 Å². The predicted molar refractivity (Wildman–Crippen MR) is 95.7 cm³/mol. The lowest BCUT2D eigenvalue weighted by molar-refractivity contribution is -0.113. The number of aromatic hydroxyl groups is 1. The number of hydrogen-bond donors (Lipinski definition) is 1. The molecule has 1 N–H and O–H groups in total. The van der Waals surface area contributed by atoms with Crippen LogP contribution in [0.25, 0.3) is 6.08 Å². The number of para-hydroxylation sites is 1. The molecule has 1 fully saturated rings. The molecule has 3 rings (SSSR count). The molecule has 0 radical (unpaired) electrons. The highest BCUT2D eigenvalue weighted by molar-refractivity contribution is 9.10. The van der Waals surface area contributed by atoms with Crippen molar-refractivity contribution >= 4 is 62.2 Å². The summed E-state index contributed by atoms with van der Waals surface area (Å²) in [5, 5.41) is 9.78. The molecule has 0 bridgehead atoms. The Labute approximate surface area is 149 Å². The van der Waals surface area contributed by atoms with E-state index in [1.807, 2.05) is 0 Å². The third kappa shape index (κ3) is 3.15. The van der Waals surface area contributed by atoms with Gasteiger partial charge in [-0.05, 0) is 42.1 Å². The largest absolute Gasteiger partial charge is 0.506 e. The summed E-state index contributed by atoms with van der Waals surface area (Å²) in [6, 6.07) is 11.9. The highest BCUT2D eigenvalue weighted by Gasteiger charge is 2.36. The van der Waals surface area contributed by atoms with Crippen molar-refractivity contribution in [3.05, 3.63) is 62.4 Å². The van der Waals surface area contributed by atoms with Crippen LogP contribution in [0.2, 0.25) is 5.02 Å². The molecule has 2 amide bonds. The molecular formula is C16H9BrClNO3S. The topological polar surface area (TPSA) is 57.6 Å². The third-order valence-electron chi connectivity index (χ3n) is 3.15. The average Bonchev–Trinajstić information content (AvgIpc) is 2.79. The fourth-order valence-corrected chi connectivity index (χ4v) is 3.77. The van der Waals surface area contributed by atoms with E-state index in [9.17, 15) is 14.7 Å². The number of phenolic OH excluding ortho intramolecular Hbond substituents is 1. The zero-order valence-electron chi connectivity index (χ0n) is 11.5. The lowest BCUT2D eigenvalue weighted by Crippen LogP contribution is -2.27. The number of thioether (sulfide) groups is 1. The van der Waals surface area contributed by atoms with Gasteiger partial charge in [0.25, 0.3) is 11.1 Å². The Morgan fingerprint density at radius 1 is 1.17 bits per heavy atom. The monoisotopic (exact) mass is 409 g/mol. The number of hydrogen-bond acceptors (Lipinski definition) is 4. The van der Waals surface area contributed by atoms with Gasteiger partial charge >= 0.3 is 0 Å². The van der Waals surface area contributed by atoms with Crippen molar-refractivity contribution in [1.29, 1.82) is 0 Å². The van der Waals surface area contributed by atoms with Crippen molar-refractivity contribution in [2.24, 2.45) is 0 Å². The van der Waals surface area contributed by atoms with Crippen molar-refractivity contribution in [2.75, 3.05) is 4.90 Å². The number of amides is 2. The average molecular weight is 411 g/mol. The number of benzene rings is 2. The van der Waals surface area contributed by atoms with Gasteiger partial charge < -0.3 is 5.11 Å². The van der Waals surface area contributed by atoms with E-state index < -0.39 is 5.91 Å². The van der Waals surface area contributed by atoms with Gasteiger partial charge in [-0.1, -0.05) is 45.7 Å². The van der Waals surface area contributed by atoms with Crippen LogP contribution in [0.5, 0.6) is 5.75 Å². The van der Waals surface area contributed by atoms with Gasteiger partial charge in [-0.15, -0.1) is 0 Å². The quantitative estimate of drug-likeness (QED) is 0.704. The van der Waals surface area contributed by atoms with Crippen LogP contribution in [-0.4, -0.2) is 16.3 Å². The maximum Gasteiger partial charge on any atom is 0.298 e. The fraction of sp³-hybridized carbons (Fsp3) is 0. The number of nitrogens with zero attached hydrogens (tertiary/aromatic N) is 1. The molecule has 0 aliphatic carbocycles. The summed E-state index contributed by atoms with van der Waals surface area (Å²) >= 11 is 10.0. The van der Waals surface area contributed by atoms with Crippen molar-refractivity contribution in [3.8, 4) is 5.75 Å². The first-order valence-electron chi connectivity index (χ1n) is 6.48. The van der Waals surface area contributed by atoms with E-state index in [-0.39, 0.29) is 20.9 Å². The third-order valence-corrected chi connectivity index (χ3v) is 4.77. The maximum absolute atomic E-state index is 12.5. The van der Waals surface area contributed by atoms with E-state index in [2.05, 4.69) is 15.9 Å². The molecule has 0 saturated carbocycles. The van der Waals surface area contributed by atoms with E-state index in [4.69, 9.17) is 11.6 Å². The SMILES string of the molecule is O=C1S/C(=C\c2cc(Br)cc(Cl)c2O)C(=O)N1c1ccccc1. The molecule has 2 aromatic carbocycles. The zero-order chi connectivity index (χ0) is 16.6. The fourth-order valence-electron chi connectivity index (χ4n) is 2.10. The van der Waals surface area contributed by atoms with Crippen molar-refractivity contribution in [3.63, 3.8) is 0 Å². The van der Waals surface area contributed by atoms with E-state index in [1.54, 1.807) is 42.5 Å². The number of phenols is 1. The Morgan fingerprint density at radius 2 is 1.87 bits per heavy atom. The molecule has 1 heterocycles. The number of anilines is 1. The standard InChI is InChI=1S/C16H9BrClNO3S/c17-10-6-9(14(20)12(18)8-10)7-13-15(21)19(16(22)23-13)11-4-2-1-3-5-11/h1-8,20H/b13-7-. The molecule has 1 aliphatic heterocycles. The second kappa shape index (κ2) is 6.39.